The lowest BCUT2D eigenvalue weighted by Gasteiger charge is -2.32. The maximum absolute atomic E-state index is 10.5. The van der Waals surface area contributed by atoms with E-state index < -0.39 is 0 Å². The van der Waals surface area contributed by atoms with Crippen molar-refractivity contribution in [3.8, 4) is 0 Å². The van der Waals surface area contributed by atoms with Gasteiger partial charge in [-0.1, -0.05) is 12.2 Å². The Hall–Kier alpha value is -0.410. The van der Waals surface area contributed by atoms with Gasteiger partial charge in [-0.05, 0) is 12.3 Å². The van der Waals surface area contributed by atoms with Crippen molar-refractivity contribution in [3.05, 3.63) is 29.6 Å². The molecular weight excluding hydrogens is 122 g/mol. The lowest BCUT2D eigenvalue weighted by Crippen LogP contribution is -2.18. The van der Waals surface area contributed by atoms with E-state index in [0.717, 1.165) is 5.06 Å². The second kappa shape index (κ2) is 2.24. The first-order valence-electron chi connectivity index (χ1n) is 2.29. The van der Waals surface area contributed by atoms with Gasteiger partial charge < -0.3 is 10.3 Å². The Morgan fingerprint density at radius 1 is 1.50 bits per heavy atom. The summed E-state index contributed by atoms with van der Waals surface area (Å²) < 4.78 is 0. The van der Waals surface area contributed by atoms with Crippen molar-refractivity contribution in [2.45, 2.75) is 5.37 Å². The molecule has 1 heterocycles. The number of hydrogen-bond donors (Lipinski definition) is 1. The first-order chi connectivity index (χ1) is 3.80. The molecule has 1 unspecified atom stereocenters. The standard InChI is InChI=1S/C5H6NOS/c7-6-4-2-1-3-5(6)8/h1-5,8H/q-1. The number of nitrogens with zero attached hydrogens (tertiary/aromatic N) is 1. The zero-order valence-corrected chi connectivity index (χ0v) is 5.08. The smallest absolute Gasteiger partial charge is 0.0802 e. The van der Waals surface area contributed by atoms with Crippen LogP contribution in [0.1, 0.15) is 0 Å². The second-order valence-corrected chi connectivity index (χ2v) is 2.03. The number of thiol groups is 1. The van der Waals surface area contributed by atoms with E-state index in [4.69, 9.17) is 0 Å². The molecule has 1 rings (SSSR count). The summed E-state index contributed by atoms with van der Waals surface area (Å²) in [7, 11) is 0. The number of hydroxylamine groups is 2. The molecule has 0 N–H and O–H groups in total. The van der Waals surface area contributed by atoms with Crippen LogP contribution in [-0.4, -0.2) is 10.4 Å². The van der Waals surface area contributed by atoms with E-state index in [1.54, 1.807) is 18.2 Å². The zero-order chi connectivity index (χ0) is 5.98. The maximum atomic E-state index is 10.5. The third-order valence-electron chi connectivity index (χ3n) is 0.888. The van der Waals surface area contributed by atoms with E-state index >= 15 is 0 Å². The first kappa shape index (κ1) is 5.72. The van der Waals surface area contributed by atoms with Crippen LogP contribution in [0.3, 0.4) is 0 Å². The molecule has 2 nitrogen and oxygen atoms in total. The third kappa shape index (κ3) is 1.05. The molecule has 0 spiro atoms. The topological polar surface area (TPSA) is 26.3 Å². The molecular formula is C5H6NOS-. The molecule has 8 heavy (non-hydrogen) atoms. The molecule has 1 aliphatic heterocycles. The molecule has 44 valence electrons. The Kier molecular flexibility index (Phi) is 1.60. The Bertz CT molecular complexity index is 116. The molecule has 0 aromatic heterocycles. The quantitative estimate of drug-likeness (QED) is 0.495. The van der Waals surface area contributed by atoms with E-state index in [9.17, 15) is 5.21 Å². The van der Waals surface area contributed by atoms with Crippen molar-refractivity contribution in [1.29, 1.82) is 0 Å². The minimum absolute atomic E-state index is 0.292. The Morgan fingerprint density at radius 3 is 2.62 bits per heavy atom. The van der Waals surface area contributed by atoms with Crippen molar-refractivity contribution < 1.29 is 0 Å². The molecule has 0 aromatic carbocycles. The van der Waals surface area contributed by atoms with Crippen LogP contribution in [0.4, 0.5) is 0 Å². The van der Waals surface area contributed by atoms with Crippen LogP contribution in [0.25, 0.3) is 0 Å². The highest BCUT2D eigenvalue weighted by Crippen LogP contribution is 2.08. The van der Waals surface area contributed by atoms with Crippen LogP contribution in [0, 0.1) is 5.21 Å². The fraction of sp³-hybridized carbons (Fsp3) is 0.200. The summed E-state index contributed by atoms with van der Waals surface area (Å²) >= 11 is 3.93. The fourth-order valence-electron chi connectivity index (χ4n) is 0.471. The summed E-state index contributed by atoms with van der Waals surface area (Å²) in [5.74, 6) is 0. The van der Waals surface area contributed by atoms with Gasteiger partial charge in [-0.25, -0.2) is 0 Å². The SMILES string of the molecule is [O-]N1C=CC=CC1S. The summed E-state index contributed by atoms with van der Waals surface area (Å²) in [6.45, 7) is 0. The molecule has 0 aromatic rings. The van der Waals surface area contributed by atoms with Crippen molar-refractivity contribution >= 4 is 12.6 Å². The van der Waals surface area contributed by atoms with Crippen LogP contribution in [0.2, 0.25) is 0 Å². The number of allylic oxidation sites excluding steroid dienone is 2. The van der Waals surface area contributed by atoms with Crippen molar-refractivity contribution in [3.63, 3.8) is 0 Å². The summed E-state index contributed by atoms with van der Waals surface area (Å²) in [6, 6.07) is 0. The monoisotopic (exact) mass is 128 g/mol. The summed E-state index contributed by atoms with van der Waals surface area (Å²) in [5.41, 5.74) is 0. The molecule has 0 radical (unpaired) electrons. The largest absolute Gasteiger partial charge is 0.758 e. The Labute approximate surface area is 53.5 Å². The highest BCUT2D eigenvalue weighted by Gasteiger charge is 1.96. The first-order valence-corrected chi connectivity index (χ1v) is 2.81. The summed E-state index contributed by atoms with van der Waals surface area (Å²) in [4.78, 5) is 0. The van der Waals surface area contributed by atoms with Gasteiger partial charge in [0.15, 0.2) is 0 Å². The lowest BCUT2D eigenvalue weighted by molar-refractivity contribution is 0.531. The van der Waals surface area contributed by atoms with Crippen LogP contribution in [0.15, 0.2) is 24.4 Å². The van der Waals surface area contributed by atoms with E-state index in [0.29, 0.717) is 0 Å². The average molecular weight is 128 g/mol. The number of rotatable bonds is 0. The van der Waals surface area contributed by atoms with Crippen molar-refractivity contribution in [1.82, 2.24) is 5.06 Å². The highest BCUT2D eigenvalue weighted by molar-refractivity contribution is 7.81. The van der Waals surface area contributed by atoms with Crippen LogP contribution >= 0.6 is 12.6 Å². The van der Waals surface area contributed by atoms with E-state index in [2.05, 4.69) is 12.6 Å². The minimum Gasteiger partial charge on any atom is -0.758 e. The van der Waals surface area contributed by atoms with Gasteiger partial charge in [-0.15, -0.1) is 0 Å². The lowest BCUT2D eigenvalue weighted by atomic mass is 10.4. The molecule has 0 bridgehead atoms. The number of hydrogen-bond acceptors (Lipinski definition) is 3. The van der Waals surface area contributed by atoms with Gasteiger partial charge in [0, 0.05) is 0 Å². The predicted molar refractivity (Wildman–Crippen MR) is 36.3 cm³/mol. The molecule has 0 saturated heterocycles. The average Bonchev–Trinajstić information content (AvgIpc) is 1.77. The Morgan fingerprint density at radius 2 is 2.25 bits per heavy atom. The van der Waals surface area contributed by atoms with Crippen molar-refractivity contribution in [2.75, 3.05) is 0 Å². The van der Waals surface area contributed by atoms with E-state index in [-0.39, 0.29) is 5.37 Å². The predicted octanol–water partition coefficient (Wildman–Crippen LogP) is 1.13. The maximum Gasteiger partial charge on any atom is 0.0802 e. The summed E-state index contributed by atoms with van der Waals surface area (Å²) in [5, 5.41) is 11.0. The molecule has 3 heteroatoms. The van der Waals surface area contributed by atoms with E-state index in [1.807, 2.05) is 0 Å². The molecule has 0 saturated carbocycles. The fourth-order valence-corrected chi connectivity index (χ4v) is 0.647. The molecule has 1 atom stereocenters. The minimum atomic E-state index is -0.292. The summed E-state index contributed by atoms with van der Waals surface area (Å²) in [6.07, 6.45) is 6.64. The van der Waals surface area contributed by atoms with Gasteiger partial charge in [0.2, 0.25) is 0 Å². The molecule has 0 aliphatic carbocycles. The van der Waals surface area contributed by atoms with Gasteiger partial charge in [-0.2, -0.15) is 12.6 Å². The van der Waals surface area contributed by atoms with Gasteiger partial charge in [-0.3, -0.25) is 0 Å². The van der Waals surface area contributed by atoms with Crippen LogP contribution in [0.5, 0.6) is 0 Å². The normalized spacial score (nSPS) is 26.8. The van der Waals surface area contributed by atoms with Crippen molar-refractivity contribution in [2.24, 2.45) is 0 Å². The van der Waals surface area contributed by atoms with E-state index in [1.165, 1.54) is 6.20 Å². The van der Waals surface area contributed by atoms with Gasteiger partial charge >= 0.3 is 0 Å². The third-order valence-corrected chi connectivity index (χ3v) is 1.29. The Balaban J connectivity index is 2.59. The van der Waals surface area contributed by atoms with Crippen LogP contribution < -0.4 is 0 Å². The van der Waals surface area contributed by atoms with Crippen LogP contribution in [-0.2, 0) is 0 Å². The molecule has 0 amide bonds. The van der Waals surface area contributed by atoms with Gasteiger partial charge in [0.1, 0.15) is 0 Å². The van der Waals surface area contributed by atoms with Gasteiger partial charge in [0.25, 0.3) is 0 Å². The molecule has 0 fully saturated rings. The van der Waals surface area contributed by atoms with Gasteiger partial charge in [0.05, 0.1) is 5.37 Å². The zero-order valence-electron chi connectivity index (χ0n) is 4.19. The second-order valence-electron chi connectivity index (χ2n) is 1.50. The molecule has 1 aliphatic rings. The highest BCUT2D eigenvalue weighted by atomic mass is 32.1.